The molecule has 3 N–H and O–H groups in total. The molecule has 0 saturated heterocycles. The van der Waals surface area contributed by atoms with Gasteiger partial charge in [-0.2, -0.15) is 0 Å². The molecule has 1 rings (SSSR count). The summed E-state index contributed by atoms with van der Waals surface area (Å²) in [6, 6.07) is 7.12. The Bertz CT molecular complexity index is 361. The van der Waals surface area contributed by atoms with Crippen molar-refractivity contribution in [3.63, 3.8) is 0 Å². The summed E-state index contributed by atoms with van der Waals surface area (Å²) in [4.78, 5) is 10.9. The second-order valence-electron chi connectivity index (χ2n) is 3.39. The van der Waals surface area contributed by atoms with Crippen LogP contribution >= 0.6 is 24.0 Å². The van der Waals surface area contributed by atoms with Crippen molar-refractivity contribution >= 4 is 29.9 Å². The molecule has 4 nitrogen and oxygen atoms in total. The Hall–Kier alpha value is -0.970. The zero-order chi connectivity index (χ0) is 12.0. The monoisotopic (exact) mass is 278 g/mol. The van der Waals surface area contributed by atoms with Crippen molar-refractivity contribution < 1.29 is 9.53 Å². The van der Waals surface area contributed by atoms with Crippen LogP contribution in [-0.4, -0.2) is 25.1 Å². The minimum atomic E-state index is -0.193. The standard InChI is InChI=1S/C11H15ClN2O2.ClH/c1-8(7-14-11(15)6-13)16-10-4-2-3-9(12)5-10;/h2-5,8H,6-7,13H2,1H3,(H,14,15);1H. The lowest BCUT2D eigenvalue weighted by Gasteiger charge is -2.15. The summed E-state index contributed by atoms with van der Waals surface area (Å²) in [5.74, 6) is 0.489. The molecule has 6 heteroatoms. The molecule has 17 heavy (non-hydrogen) atoms. The zero-order valence-electron chi connectivity index (χ0n) is 9.48. The van der Waals surface area contributed by atoms with Crippen molar-refractivity contribution in [3.05, 3.63) is 29.3 Å². The number of hydrogen-bond donors (Lipinski definition) is 2. The van der Waals surface area contributed by atoms with Crippen LogP contribution < -0.4 is 15.8 Å². The van der Waals surface area contributed by atoms with E-state index in [1.807, 2.05) is 19.1 Å². The first-order chi connectivity index (χ1) is 7.61. The molecule has 0 heterocycles. The number of rotatable bonds is 5. The van der Waals surface area contributed by atoms with Crippen molar-refractivity contribution in [2.75, 3.05) is 13.1 Å². The maximum Gasteiger partial charge on any atom is 0.233 e. The number of carbonyl (C=O) groups excluding carboxylic acids is 1. The Labute approximate surface area is 112 Å². The highest BCUT2D eigenvalue weighted by atomic mass is 35.5. The van der Waals surface area contributed by atoms with E-state index in [0.717, 1.165) is 0 Å². The van der Waals surface area contributed by atoms with Crippen LogP contribution in [0.2, 0.25) is 5.02 Å². The molecule has 1 aromatic carbocycles. The van der Waals surface area contributed by atoms with Crippen molar-refractivity contribution in [2.45, 2.75) is 13.0 Å². The van der Waals surface area contributed by atoms with Crippen molar-refractivity contribution in [1.82, 2.24) is 5.32 Å². The zero-order valence-corrected chi connectivity index (χ0v) is 11.1. The molecule has 0 aliphatic carbocycles. The maximum atomic E-state index is 10.9. The minimum absolute atomic E-state index is 0. The Morgan fingerprint density at radius 3 is 2.88 bits per heavy atom. The van der Waals surface area contributed by atoms with Gasteiger partial charge in [-0.05, 0) is 25.1 Å². The quantitative estimate of drug-likeness (QED) is 0.860. The summed E-state index contributed by atoms with van der Waals surface area (Å²) >= 11 is 5.81. The average molecular weight is 279 g/mol. The highest BCUT2D eigenvalue weighted by Crippen LogP contribution is 2.18. The number of nitrogens with two attached hydrogens (primary N) is 1. The number of nitrogens with one attached hydrogen (secondary N) is 1. The van der Waals surface area contributed by atoms with Gasteiger partial charge < -0.3 is 15.8 Å². The van der Waals surface area contributed by atoms with Gasteiger partial charge in [0.2, 0.25) is 5.91 Å². The largest absolute Gasteiger partial charge is 0.489 e. The number of hydrogen-bond acceptors (Lipinski definition) is 3. The van der Waals surface area contributed by atoms with Gasteiger partial charge in [0, 0.05) is 5.02 Å². The van der Waals surface area contributed by atoms with Crippen LogP contribution in [0, 0.1) is 0 Å². The molecule has 1 aromatic rings. The predicted octanol–water partition coefficient (Wildman–Crippen LogP) is 1.60. The van der Waals surface area contributed by atoms with Crippen LogP contribution in [0.3, 0.4) is 0 Å². The second-order valence-corrected chi connectivity index (χ2v) is 3.83. The lowest BCUT2D eigenvalue weighted by molar-refractivity contribution is -0.120. The summed E-state index contributed by atoms with van der Waals surface area (Å²) in [6.07, 6.45) is -0.131. The van der Waals surface area contributed by atoms with Crippen LogP contribution in [0.25, 0.3) is 0 Å². The van der Waals surface area contributed by atoms with Gasteiger partial charge in [0.1, 0.15) is 11.9 Å². The molecule has 0 aliphatic rings. The van der Waals surface area contributed by atoms with Gasteiger partial charge in [0.15, 0.2) is 0 Å². The molecule has 1 atom stereocenters. The predicted molar refractivity (Wildman–Crippen MR) is 70.9 cm³/mol. The van der Waals surface area contributed by atoms with E-state index in [9.17, 15) is 4.79 Å². The van der Waals surface area contributed by atoms with E-state index in [4.69, 9.17) is 22.1 Å². The Morgan fingerprint density at radius 2 is 2.29 bits per heavy atom. The summed E-state index contributed by atoms with van der Waals surface area (Å²) in [5, 5.41) is 3.27. The highest BCUT2D eigenvalue weighted by Gasteiger charge is 2.05. The molecule has 1 amide bonds. The lowest BCUT2D eigenvalue weighted by atomic mass is 10.3. The van der Waals surface area contributed by atoms with Gasteiger partial charge >= 0.3 is 0 Å². The molecule has 0 spiro atoms. The lowest BCUT2D eigenvalue weighted by Crippen LogP contribution is -2.37. The topological polar surface area (TPSA) is 64.4 Å². The van der Waals surface area contributed by atoms with Gasteiger partial charge in [0.05, 0.1) is 13.1 Å². The van der Waals surface area contributed by atoms with E-state index < -0.39 is 0 Å². The summed E-state index contributed by atoms with van der Waals surface area (Å²) in [5.41, 5.74) is 5.16. The number of carbonyl (C=O) groups is 1. The molecule has 0 bridgehead atoms. The van der Waals surface area contributed by atoms with E-state index in [-0.39, 0.29) is 31.0 Å². The molecular formula is C11H16Cl2N2O2. The summed E-state index contributed by atoms with van der Waals surface area (Å²) in [7, 11) is 0. The van der Waals surface area contributed by atoms with E-state index in [1.54, 1.807) is 12.1 Å². The Kier molecular flexibility index (Phi) is 7.70. The first kappa shape index (κ1) is 16.0. The van der Waals surface area contributed by atoms with Gasteiger partial charge in [-0.3, -0.25) is 4.79 Å². The third-order valence-electron chi connectivity index (χ3n) is 1.91. The smallest absolute Gasteiger partial charge is 0.233 e. The molecule has 0 saturated carbocycles. The summed E-state index contributed by atoms with van der Waals surface area (Å²) in [6.45, 7) is 2.27. The Balaban J connectivity index is 0.00000256. The second kappa shape index (κ2) is 8.17. The molecule has 0 aliphatic heterocycles. The minimum Gasteiger partial charge on any atom is -0.489 e. The third kappa shape index (κ3) is 6.36. The van der Waals surface area contributed by atoms with Crippen LogP contribution in [-0.2, 0) is 4.79 Å². The van der Waals surface area contributed by atoms with Crippen molar-refractivity contribution in [3.8, 4) is 5.75 Å². The highest BCUT2D eigenvalue weighted by molar-refractivity contribution is 6.30. The van der Waals surface area contributed by atoms with Crippen molar-refractivity contribution in [2.24, 2.45) is 5.73 Å². The van der Waals surface area contributed by atoms with Crippen molar-refractivity contribution in [1.29, 1.82) is 0 Å². The van der Waals surface area contributed by atoms with Crippen LogP contribution in [0.5, 0.6) is 5.75 Å². The first-order valence-corrected chi connectivity index (χ1v) is 5.38. The molecule has 1 unspecified atom stereocenters. The van der Waals surface area contributed by atoms with Gasteiger partial charge in [-0.15, -0.1) is 12.4 Å². The molecule has 96 valence electrons. The number of amides is 1. The first-order valence-electron chi connectivity index (χ1n) is 5.01. The van der Waals surface area contributed by atoms with Gasteiger partial charge in [0.25, 0.3) is 0 Å². The van der Waals surface area contributed by atoms with Crippen LogP contribution in [0.4, 0.5) is 0 Å². The van der Waals surface area contributed by atoms with Gasteiger partial charge in [-0.1, -0.05) is 17.7 Å². The average Bonchev–Trinajstić information content (AvgIpc) is 2.26. The third-order valence-corrected chi connectivity index (χ3v) is 2.14. The number of halogens is 2. The van der Waals surface area contributed by atoms with Crippen LogP contribution in [0.15, 0.2) is 24.3 Å². The normalized spacial score (nSPS) is 11.2. The SMILES string of the molecule is CC(CNC(=O)CN)Oc1cccc(Cl)c1.Cl. The van der Waals surface area contributed by atoms with E-state index in [2.05, 4.69) is 5.32 Å². The fourth-order valence-electron chi connectivity index (χ4n) is 1.14. The molecule has 0 fully saturated rings. The number of ether oxygens (including phenoxy) is 1. The molecule has 0 radical (unpaired) electrons. The van der Waals surface area contributed by atoms with E-state index in [1.165, 1.54) is 0 Å². The molecule has 0 aromatic heterocycles. The van der Waals surface area contributed by atoms with Gasteiger partial charge in [-0.25, -0.2) is 0 Å². The van der Waals surface area contributed by atoms with Crippen LogP contribution in [0.1, 0.15) is 6.92 Å². The van der Waals surface area contributed by atoms with E-state index >= 15 is 0 Å². The molecular weight excluding hydrogens is 263 g/mol. The maximum absolute atomic E-state index is 10.9. The fraction of sp³-hybridized carbons (Fsp3) is 0.364. The summed E-state index contributed by atoms with van der Waals surface area (Å²) < 4.78 is 5.55. The van der Waals surface area contributed by atoms with E-state index in [0.29, 0.717) is 17.3 Å². The Morgan fingerprint density at radius 1 is 1.59 bits per heavy atom. The fourth-order valence-corrected chi connectivity index (χ4v) is 1.32. The number of benzene rings is 1.